The summed E-state index contributed by atoms with van der Waals surface area (Å²) in [6, 6.07) is 20.5. The average molecular weight is 264 g/mol. The molecule has 0 aliphatic heterocycles. The van der Waals surface area contributed by atoms with Crippen molar-refractivity contribution in [1.29, 1.82) is 0 Å². The number of aliphatic imine (C=N–C) groups is 1. The number of nitrogens with two attached hydrogens (primary N) is 1. The Labute approximate surface area is 120 Å². The first kappa shape index (κ1) is 14.1. The maximum atomic E-state index is 5.86. The monoisotopic (exact) mass is 264 g/mol. The highest BCUT2D eigenvalue weighted by Crippen LogP contribution is 2.03. The van der Waals surface area contributed by atoms with Crippen molar-refractivity contribution in [2.24, 2.45) is 10.7 Å². The molecule has 2 N–H and O–H groups in total. The van der Waals surface area contributed by atoms with Gasteiger partial charge >= 0.3 is 0 Å². The molecule has 2 heteroatoms. The van der Waals surface area contributed by atoms with E-state index in [1.807, 2.05) is 48.6 Å². The van der Waals surface area contributed by atoms with Crippen LogP contribution in [0.1, 0.15) is 17.5 Å². The molecule has 0 amide bonds. The van der Waals surface area contributed by atoms with Gasteiger partial charge in [0.05, 0.1) is 0 Å². The first-order valence-corrected chi connectivity index (χ1v) is 6.91. The van der Waals surface area contributed by atoms with Crippen molar-refractivity contribution in [3.05, 3.63) is 77.9 Å². The minimum absolute atomic E-state index is 0.585. The van der Waals surface area contributed by atoms with E-state index < -0.39 is 0 Å². The topological polar surface area (TPSA) is 38.4 Å². The van der Waals surface area contributed by atoms with Crippen LogP contribution in [0.25, 0.3) is 6.08 Å². The smallest absolute Gasteiger partial charge is 0.118 e. The van der Waals surface area contributed by atoms with Crippen LogP contribution in [0.15, 0.2) is 71.7 Å². The second kappa shape index (κ2) is 7.95. The van der Waals surface area contributed by atoms with Crippen molar-refractivity contribution in [2.75, 3.05) is 6.54 Å². The molecule has 2 rings (SSSR count). The lowest BCUT2D eigenvalue weighted by Gasteiger charge is -1.99. The van der Waals surface area contributed by atoms with Gasteiger partial charge in [0.2, 0.25) is 0 Å². The first-order chi connectivity index (χ1) is 9.84. The molecular weight excluding hydrogens is 244 g/mol. The summed E-state index contributed by atoms with van der Waals surface area (Å²) in [5, 5.41) is 0. The maximum Gasteiger partial charge on any atom is 0.118 e. The highest BCUT2D eigenvalue weighted by molar-refractivity contribution is 5.95. The molecule has 0 unspecified atom stereocenters. The van der Waals surface area contributed by atoms with Gasteiger partial charge in [-0.2, -0.15) is 0 Å². The van der Waals surface area contributed by atoms with E-state index >= 15 is 0 Å². The predicted octanol–water partition coefficient (Wildman–Crippen LogP) is 3.69. The van der Waals surface area contributed by atoms with Crippen LogP contribution >= 0.6 is 0 Å². The van der Waals surface area contributed by atoms with E-state index in [-0.39, 0.29) is 0 Å². The molecule has 0 aromatic heterocycles. The van der Waals surface area contributed by atoms with Crippen LogP contribution in [0.3, 0.4) is 0 Å². The number of benzene rings is 2. The summed E-state index contributed by atoms with van der Waals surface area (Å²) in [7, 11) is 0. The van der Waals surface area contributed by atoms with E-state index in [9.17, 15) is 0 Å². The second-order valence-electron chi connectivity index (χ2n) is 4.64. The van der Waals surface area contributed by atoms with Gasteiger partial charge in [0.25, 0.3) is 0 Å². The fourth-order valence-corrected chi connectivity index (χ4v) is 1.93. The van der Waals surface area contributed by atoms with Crippen molar-refractivity contribution in [1.82, 2.24) is 0 Å². The number of amidine groups is 1. The molecule has 2 aromatic rings. The van der Waals surface area contributed by atoms with E-state index in [0.29, 0.717) is 5.84 Å². The van der Waals surface area contributed by atoms with Crippen LogP contribution in [0.2, 0.25) is 0 Å². The third-order valence-electron chi connectivity index (χ3n) is 3.01. The van der Waals surface area contributed by atoms with Gasteiger partial charge in [0, 0.05) is 6.54 Å². The summed E-state index contributed by atoms with van der Waals surface area (Å²) in [4.78, 5) is 4.36. The highest BCUT2D eigenvalue weighted by Gasteiger charge is 1.91. The zero-order valence-electron chi connectivity index (χ0n) is 11.6. The third kappa shape index (κ3) is 5.11. The van der Waals surface area contributed by atoms with Crippen LogP contribution in [0.4, 0.5) is 0 Å². The van der Waals surface area contributed by atoms with Crippen LogP contribution in [0, 0.1) is 0 Å². The van der Waals surface area contributed by atoms with Crippen molar-refractivity contribution < 1.29 is 0 Å². The van der Waals surface area contributed by atoms with Gasteiger partial charge in [-0.05, 0) is 30.0 Å². The molecule has 0 saturated carbocycles. The standard InChI is InChI=1S/C18H20N2/c19-18(14-13-17-10-5-2-6-11-17)20-15-7-12-16-8-3-1-4-9-16/h1-6,8-11,13-14H,7,12,15H2,(H2,19,20). The number of rotatable bonds is 6. The van der Waals surface area contributed by atoms with E-state index in [1.54, 1.807) is 0 Å². The predicted molar refractivity (Wildman–Crippen MR) is 86.7 cm³/mol. The lowest BCUT2D eigenvalue weighted by molar-refractivity contribution is 0.833. The fourth-order valence-electron chi connectivity index (χ4n) is 1.93. The molecule has 0 radical (unpaired) electrons. The first-order valence-electron chi connectivity index (χ1n) is 6.91. The van der Waals surface area contributed by atoms with Crippen molar-refractivity contribution in [2.45, 2.75) is 12.8 Å². The average Bonchev–Trinajstić information content (AvgIpc) is 2.52. The van der Waals surface area contributed by atoms with Crippen molar-refractivity contribution in [3.8, 4) is 0 Å². The summed E-state index contributed by atoms with van der Waals surface area (Å²) >= 11 is 0. The van der Waals surface area contributed by atoms with E-state index in [1.165, 1.54) is 5.56 Å². The Hall–Kier alpha value is -2.35. The molecule has 0 spiro atoms. The lowest BCUT2D eigenvalue weighted by atomic mass is 10.1. The van der Waals surface area contributed by atoms with Gasteiger partial charge < -0.3 is 5.73 Å². The van der Waals surface area contributed by atoms with Crippen LogP contribution in [-0.4, -0.2) is 12.4 Å². The van der Waals surface area contributed by atoms with Crippen LogP contribution < -0.4 is 5.73 Å². The van der Waals surface area contributed by atoms with Gasteiger partial charge in [-0.3, -0.25) is 4.99 Å². The third-order valence-corrected chi connectivity index (χ3v) is 3.01. The van der Waals surface area contributed by atoms with Crippen LogP contribution in [0.5, 0.6) is 0 Å². The molecule has 0 atom stereocenters. The zero-order valence-corrected chi connectivity index (χ0v) is 11.6. The maximum absolute atomic E-state index is 5.86. The van der Waals surface area contributed by atoms with E-state index in [2.05, 4.69) is 29.3 Å². The summed E-state index contributed by atoms with van der Waals surface area (Å²) < 4.78 is 0. The van der Waals surface area contributed by atoms with E-state index in [4.69, 9.17) is 5.73 Å². The van der Waals surface area contributed by atoms with Crippen LogP contribution in [-0.2, 0) is 6.42 Å². The highest BCUT2D eigenvalue weighted by atomic mass is 14.8. The van der Waals surface area contributed by atoms with Gasteiger partial charge in [0.15, 0.2) is 0 Å². The Balaban J connectivity index is 1.75. The van der Waals surface area contributed by atoms with Gasteiger partial charge in [0.1, 0.15) is 5.84 Å². The Morgan fingerprint density at radius 2 is 1.60 bits per heavy atom. The van der Waals surface area contributed by atoms with Gasteiger partial charge in [-0.15, -0.1) is 0 Å². The summed E-state index contributed by atoms with van der Waals surface area (Å²) in [5.74, 6) is 0.585. The molecule has 0 heterocycles. The Kier molecular flexibility index (Phi) is 5.59. The molecule has 0 saturated heterocycles. The SMILES string of the molecule is NC(C=Cc1ccccc1)=NCCCc1ccccc1. The molecule has 20 heavy (non-hydrogen) atoms. The zero-order chi connectivity index (χ0) is 14.0. The summed E-state index contributed by atoms with van der Waals surface area (Å²) in [5.41, 5.74) is 8.35. The minimum atomic E-state index is 0.585. The molecule has 2 aromatic carbocycles. The molecule has 102 valence electrons. The Morgan fingerprint density at radius 1 is 0.950 bits per heavy atom. The summed E-state index contributed by atoms with van der Waals surface area (Å²) in [6.45, 7) is 0.764. The molecular formula is C18H20N2. The van der Waals surface area contributed by atoms with E-state index in [0.717, 1.165) is 24.9 Å². The van der Waals surface area contributed by atoms with Crippen molar-refractivity contribution >= 4 is 11.9 Å². The lowest BCUT2D eigenvalue weighted by Crippen LogP contribution is -2.08. The largest absolute Gasteiger partial charge is 0.384 e. The Bertz CT molecular complexity index is 556. The normalized spacial score (nSPS) is 11.9. The fraction of sp³-hybridized carbons (Fsp3) is 0.167. The number of hydrogen-bond acceptors (Lipinski definition) is 1. The van der Waals surface area contributed by atoms with Crippen molar-refractivity contribution in [3.63, 3.8) is 0 Å². The number of hydrogen-bond donors (Lipinski definition) is 1. The van der Waals surface area contributed by atoms with Gasteiger partial charge in [-0.25, -0.2) is 0 Å². The molecule has 0 aliphatic rings. The quantitative estimate of drug-likeness (QED) is 0.482. The molecule has 0 bridgehead atoms. The minimum Gasteiger partial charge on any atom is -0.384 e. The molecule has 0 fully saturated rings. The van der Waals surface area contributed by atoms with Gasteiger partial charge in [-0.1, -0.05) is 66.7 Å². The number of nitrogens with zero attached hydrogens (tertiary/aromatic N) is 1. The second-order valence-corrected chi connectivity index (χ2v) is 4.64. The Morgan fingerprint density at radius 3 is 2.30 bits per heavy atom. The molecule has 2 nitrogen and oxygen atoms in total. The molecule has 0 aliphatic carbocycles. The number of aryl methyl sites for hydroxylation is 1. The summed E-state index contributed by atoms with van der Waals surface area (Å²) in [6.07, 6.45) is 5.90.